The molecule has 23 heavy (non-hydrogen) atoms. The lowest BCUT2D eigenvalue weighted by Crippen LogP contribution is -2.24. The molecule has 3 rings (SSSR count). The van der Waals surface area contributed by atoms with E-state index < -0.39 is 5.76 Å². The molecule has 0 saturated carbocycles. The van der Waals surface area contributed by atoms with Crippen LogP contribution in [-0.4, -0.2) is 18.0 Å². The molecule has 2 aromatic carbocycles. The average Bonchev–Trinajstić information content (AvgIpc) is 2.92. The van der Waals surface area contributed by atoms with Crippen LogP contribution in [0.5, 0.6) is 5.75 Å². The molecule has 2 N–H and O–H groups in total. The SMILES string of the molecule is COc1ccccc1CC(=O)NCc1ccc2oc(=O)[nH]c2c1. The summed E-state index contributed by atoms with van der Waals surface area (Å²) < 4.78 is 10.2. The van der Waals surface area contributed by atoms with Crippen LogP contribution in [0.15, 0.2) is 51.7 Å². The van der Waals surface area contributed by atoms with Crippen LogP contribution in [0.2, 0.25) is 0 Å². The van der Waals surface area contributed by atoms with Crippen molar-refractivity contribution in [3.63, 3.8) is 0 Å². The molecule has 0 spiro atoms. The minimum absolute atomic E-state index is 0.102. The number of fused-ring (bicyclic) bond motifs is 1. The number of carbonyl (C=O) groups is 1. The molecule has 0 aliphatic carbocycles. The van der Waals surface area contributed by atoms with Crippen molar-refractivity contribution in [2.45, 2.75) is 13.0 Å². The normalized spacial score (nSPS) is 10.7. The molecule has 0 radical (unpaired) electrons. The van der Waals surface area contributed by atoms with Gasteiger partial charge >= 0.3 is 5.76 Å². The molecule has 1 heterocycles. The third-order valence-electron chi connectivity index (χ3n) is 3.52. The number of hydrogen-bond acceptors (Lipinski definition) is 4. The van der Waals surface area contributed by atoms with Crippen LogP contribution in [0.25, 0.3) is 11.1 Å². The Labute approximate surface area is 132 Å². The lowest BCUT2D eigenvalue weighted by Gasteiger charge is -2.09. The van der Waals surface area contributed by atoms with Gasteiger partial charge in [-0.2, -0.15) is 0 Å². The molecule has 3 aromatic rings. The Morgan fingerprint density at radius 3 is 2.91 bits per heavy atom. The third kappa shape index (κ3) is 3.42. The molecule has 0 aliphatic heterocycles. The number of rotatable bonds is 5. The van der Waals surface area contributed by atoms with E-state index in [1.54, 1.807) is 19.2 Å². The zero-order valence-electron chi connectivity index (χ0n) is 12.6. The van der Waals surface area contributed by atoms with Gasteiger partial charge in [0.1, 0.15) is 5.75 Å². The summed E-state index contributed by atoms with van der Waals surface area (Å²) in [5, 5.41) is 2.85. The maximum Gasteiger partial charge on any atom is 0.417 e. The number of hydrogen-bond donors (Lipinski definition) is 2. The predicted molar refractivity (Wildman–Crippen MR) is 85.4 cm³/mol. The zero-order chi connectivity index (χ0) is 16.2. The van der Waals surface area contributed by atoms with E-state index in [0.29, 0.717) is 23.4 Å². The van der Waals surface area contributed by atoms with Crippen LogP contribution in [0.4, 0.5) is 0 Å². The number of aromatic nitrogens is 1. The van der Waals surface area contributed by atoms with Crippen molar-refractivity contribution in [2.75, 3.05) is 7.11 Å². The van der Waals surface area contributed by atoms with Crippen LogP contribution in [-0.2, 0) is 17.8 Å². The van der Waals surface area contributed by atoms with E-state index in [4.69, 9.17) is 9.15 Å². The van der Waals surface area contributed by atoms with Crippen molar-refractivity contribution in [3.8, 4) is 5.75 Å². The van der Waals surface area contributed by atoms with Gasteiger partial charge in [-0.1, -0.05) is 24.3 Å². The number of amides is 1. The van der Waals surface area contributed by atoms with Gasteiger partial charge in [0.25, 0.3) is 0 Å². The first-order chi connectivity index (χ1) is 11.2. The van der Waals surface area contributed by atoms with Crippen LogP contribution >= 0.6 is 0 Å². The van der Waals surface area contributed by atoms with E-state index >= 15 is 0 Å². The van der Waals surface area contributed by atoms with Crippen molar-refractivity contribution in [1.82, 2.24) is 10.3 Å². The Morgan fingerprint density at radius 1 is 1.26 bits per heavy atom. The fourth-order valence-corrected chi connectivity index (χ4v) is 2.39. The van der Waals surface area contributed by atoms with Gasteiger partial charge in [0.2, 0.25) is 5.91 Å². The minimum atomic E-state index is -0.489. The Morgan fingerprint density at radius 2 is 2.09 bits per heavy atom. The molecule has 0 saturated heterocycles. The molecule has 6 nitrogen and oxygen atoms in total. The van der Waals surface area contributed by atoms with Crippen LogP contribution in [0.1, 0.15) is 11.1 Å². The molecular weight excluding hydrogens is 296 g/mol. The molecular formula is C17H16N2O4. The second kappa shape index (κ2) is 6.39. The Bertz CT molecular complexity index is 895. The number of carbonyl (C=O) groups excluding carboxylic acids is 1. The zero-order valence-corrected chi connectivity index (χ0v) is 12.6. The van der Waals surface area contributed by atoms with Crippen molar-refractivity contribution >= 4 is 17.0 Å². The van der Waals surface area contributed by atoms with Crippen molar-refractivity contribution in [1.29, 1.82) is 0 Å². The molecule has 0 bridgehead atoms. The largest absolute Gasteiger partial charge is 0.496 e. The first-order valence-electron chi connectivity index (χ1n) is 7.16. The highest BCUT2D eigenvalue weighted by atomic mass is 16.5. The maximum absolute atomic E-state index is 12.1. The first kappa shape index (κ1) is 14.9. The minimum Gasteiger partial charge on any atom is -0.496 e. The van der Waals surface area contributed by atoms with Crippen molar-refractivity contribution < 1.29 is 13.9 Å². The second-order valence-electron chi connectivity index (χ2n) is 5.11. The molecule has 0 unspecified atom stereocenters. The van der Waals surface area contributed by atoms with Gasteiger partial charge in [-0.25, -0.2) is 4.79 Å². The molecule has 6 heteroatoms. The predicted octanol–water partition coefficient (Wildman–Crippen LogP) is 1.99. The standard InChI is InChI=1S/C17H16N2O4/c1-22-14-5-3-2-4-12(14)9-16(20)18-10-11-6-7-15-13(8-11)19-17(21)23-15/h2-8H,9-10H2,1H3,(H,18,20)(H,19,21). The number of H-pyrrole nitrogens is 1. The molecule has 118 valence electrons. The molecule has 0 aliphatic rings. The molecule has 0 fully saturated rings. The second-order valence-corrected chi connectivity index (χ2v) is 5.11. The van der Waals surface area contributed by atoms with E-state index in [1.165, 1.54) is 0 Å². The Balaban J connectivity index is 1.64. The van der Waals surface area contributed by atoms with Crippen molar-refractivity contribution in [2.24, 2.45) is 0 Å². The lowest BCUT2D eigenvalue weighted by atomic mass is 10.1. The maximum atomic E-state index is 12.1. The highest BCUT2D eigenvalue weighted by molar-refractivity contribution is 5.79. The van der Waals surface area contributed by atoms with E-state index in [1.807, 2.05) is 30.3 Å². The summed E-state index contributed by atoms with van der Waals surface area (Å²) in [6, 6.07) is 12.7. The highest BCUT2D eigenvalue weighted by Crippen LogP contribution is 2.17. The van der Waals surface area contributed by atoms with Gasteiger partial charge in [-0.05, 0) is 23.8 Å². The van der Waals surface area contributed by atoms with E-state index in [9.17, 15) is 9.59 Å². The van der Waals surface area contributed by atoms with Crippen LogP contribution in [0.3, 0.4) is 0 Å². The topological polar surface area (TPSA) is 84.3 Å². The summed E-state index contributed by atoms with van der Waals surface area (Å²) in [6.07, 6.45) is 0.245. The van der Waals surface area contributed by atoms with E-state index in [-0.39, 0.29) is 12.3 Å². The number of methoxy groups -OCH3 is 1. The number of oxazole rings is 1. The number of nitrogens with one attached hydrogen (secondary N) is 2. The fraction of sp³-hybridized carbons (Fsp3) is 0.176. The van der Waals surface area contributed by atoms with Gasteiger partial charge in [0.15, 0.2) is 5.58 Å². The van der Waals surface area contributed by atoms with E-state index in [0.717, 1.165) is 11.1 Å². The third-order valence-corrected chi connectivity index (χ3v) is 3.52. The summed E-state index contributed by atoms with van der Waals surface area (Å²) in [5.74, 6) is 0.104. The average molecular weight is 312 g/mol. The number of benzene rings is 2. The van der Waals surface area contributed by atoms with Gasteiger partial charge < -0.3 is 14.5 Å². The molecule has 1 aromatic heterocycles. The Kier molecular flexibility index (Phi) is 4.14. The van der Waals surface area contributed by atoms with Gasteiger partial charge in [0.05, 0.1) is 19.0 Å². The molecule has 0 atom stereocenters. The lowest BCUT2D eigenvalue weighted by molar-refractivity contribution is -0.120. The van der Waals surface area contributed by atoms with Gasteiger partial charge in [0, 0.05) is 12.1 Å². The number of para-hydroxylation sites is 1. The number of aromatic amines is 1. The summed E-state index contributed by atoms with van der Waals surface area (Å²) >= 11 is 0. The Hall–Kier alpha value is -3.02. The quantitative estimate of drug-likeness (QED) is 0.754. The van der Waals surface area contributed by atoms with Crippen molar-refractivity contribution in [3.05, 3.63) is 64.1 Å². The summed E-state index contributed by atoms with van der Waals surface area (Å²) in [4.78, 5) is 25.8. The number of ether oxygens (including phenoxy) is 1. The van der Waals surface area contributed by atoms with Gasteiger partial charge in [-0.3, -0.25) is 9.78 Å². The highest BCUT2D eigenvalue weighted by Gasteiger charge is 2.08. The smallest absolute Gasteiger partial charge is 0.417 e. The first-order valence-corrected chi connectivity index (χ1v) is 7.16. The summed E-state index contributed by atoms with van der Waals surface area (Å²) in [5.41, 5.74) is 2.83. The summed E-state index contributed by atoms with van der Waals surface area (Å²) in [7, 11) is 1.58. The fourth-order valence-electron chi connectivity index (χ4n) is 2.39. The summed E-state index contributed by atoms with van der Waals surface area (Å²) in [6.45, 7) is 0.372. The van der Waals surface area contributed by atoms with E-state index in [2.05, 4.69) is 10.3 Å². The van der Waals surface area contributed by atoms with Crippen LogP contribution in [0, 0.1) is 0 Å². The monoisotopic (exact) mass is 312 g/mol. The van der Waals surface area contributed by atoms with Crippen LogP contribution < -0.4 is 15.8 Å². The molecule has 1 amide bonds. The van der Waals surface area contributed by atoms with Gasteiger partial charge in [-0.15, -0.1) is 0 Å².